The van der Waals surface area contributed by atoms with Crippen LogP contribution in [-0.2, 0) is 23.7 Å². The van der Waals surface area contributed by atoms with Crippen molar-refractivity contribution in [2.45, 2.75) is 76.9 Å². The highest BCUT2D eigenvalue weighted by Gasteiger charge is 2.59. The molecule has 5 heteroatoms. The highest BCUT2D eigenvalue weighted by Crippen LogP contribution is 2.43. The number of hydrogen-bond donors (Lipinski definition) is 0. The lowest BCUT2D eigenvalue weighted by atomic mass is 10.0. The molecule has 3 saturated heterocycles. The third-order valence-electron chi connectivity index (χ3n) is 3.39. The van der Waals surface area contributed by atoms with Crippen LogP contribution >= 0.6 is 0 Å². The molecule has 0 aliphatic carbocycles. The fourth-order valence-electron chi connectivity index (χ4n) is 2.81. The molecule has 3 fully saturated rings. The minimum Gasteiger partial charge on any atom is -0.344 e. The van der Waals surface area contributed by atoms with Crippen molar-refractivity contribution in [3.63, 3.8) is 0 Å². The van der Waals surface area contributed by atoms with Crippen molar-refractivity contribution in [2.24, 2.45) is 0 Å². The molecule has 0 saturated carbocycles. The molecule has 3 aliphatic rings. The summed E-state index contributed by atoms with van der Waals surface area (Å²) in [5.41, 5.74) is 0. The number of rotatable bonds is 0. The van der Waals surface area contributed by atoms with Crippen molar-refractivity contribution >= 4 is 0 Å². The highest BCUT2D eigenvalue weighted by molar-refractivity contribution is 4.98. The molecular formula is C12H20O5. The molecule has 3 heterocycles. The van der Waals surface area contributed by atoms with Crippen molar-refractivity contribution < 1.29 is 23.7 Å². The Hall–Kier alpha value is -0.200. The van der Waals surface area contributed by atoms with Crippen LogP contribution in [0.3, 0.4) is 0 Å². The molecule has 0 N–H and O–H groups in total. The van der Waals surface area contributed by atoms with Crippen molar-refractivity contribution in [2.75, 3.05) is 0 Å². The highest BCUT2D eigenvalue weighted by atomic mass is 16.9. The summed E-state index contributed by atoms with van der Waals surface area (Å²) in [7, 11) is 0. The van der Waals surface area contributed by atoms with E-state index >= 15 is 0 Å². The van der Waals surface area contributed by atoms with Crippen LogP contribution in [0.1, 0.15) is 34.6 Å². The summed E-state index contributed by atoms with van der Waals surface area (Å²) in [5, 5.41) is 0. The van der Waals surface area contributed by atoms with Gasteiger partial charge in [-0.2, -0.15) is 0 Å². The fourth-order valence-corrected chi connectivity index (χ4v) is 2.81. The van der Waals surface area contributed by atoms with E-state index in [1.165, 1.54) is 0 Å². The largest absolute Gasteiger partial charge is 0.344 e. The number of ether oxygens (including phenoxy) is 5. The van der Waals surface area contributed by atoms with Gasteiger partial charge >= 0.3 is 0 Å². The van der Waals surface area contributed by atoms with E-state index in [0.29, 0.717) is 0 Å². The quantitative estimate of drug-likeness (QED) is 0.644. The average molecular weight is 244 g/mol. The van der Waals surface area contributed by atoms with Crippen LogP contribution in [0.4, 0.5) is 0 Å². The summed E-state index contributed by atoms with van der Waals surface area (Å²) >= 11 is 0. The summed E-state index contributed by atoms with van der Waals surface area (Å²) in [6.45, 7) is 9.57. The van der Waals surface area contributed by atoms with Crippen molar-refractivity contribution in [1.29, 1.82) is 0 Å². The van der Waals surface area contributed by atoms with Crippen LogP contribution < -0.4 is 0 Å². The van der Waals surface area contributed by atoms with Gasteiger partial charge < -0.3 is 23.7 Å². The first kappa shape index (κ1) is 11.9. The van der Waals surface area contributed by atoms with Gasteiger partial charge in [0.05, 0.1) is 6.10 Å². The van der Waals surface area contributed by atoms with E-state index in [9.17, 15) is 0 Å². The Bertz CT molecular complexity index is 327. The Morgan fingerprint density at radius 1 is 0.706 bits per heavy atom. The van der Waals surface area contributed by atoms with Gasteiger partial charge in [0.2, 0.25) is 0 Å². The molecule has 0 radical (unpaired) electrons. The van der Waals surface area contributed by atoms with Gasteiger partial charge in [-0.25, -0.2) is 0 Å². The van der Waals surface area contributed by atoms with E-state index in [0.717, 1.165) is 0 Å². The molecule has 17 heavy (non-hydrogen) atoms. The normalized spacial score (nSPS) is 51.0. The van der Waals surface area contributed by atoms with E-state index in [1.807, 2.05) is 34.6 Å². The Kier molecular flexibility index (Phi) is 2.39. The average Bonchev–Trinajstić information content (AvgIpc) is 2.62. The fraction of sp³-hybridized carbons (Fsp3) is 1.00. The maximum atomic E-state index is 5.92. The lowest BCUT2D eigenvalue weighted by Crippen LogP contribution is -2.53. The van der Waals surface area contributed by atoms with Crippen LogP contribution in [0.2, 0.25) is 0 Å². The maximum absolute atomic E-state index is 5.92. The third-order valence-corrected chi connectivity index (χ3v) is 3.39. The Morgan fingerprint density at radius 2 is 1.24 bits per heavy atom. The molecule has 0 aromatic rings. The van der Waals surface area contributed by atoms with E-state index in [4.69, 9.17) is 23.7 Å². The smallest absolute Gasteiger partial charge is 0.190 e. The zero-order valence-electron chi connectivity index (χ0n) is 10.9. The van der Waals surface area contributed by atoms with Crippen molar-refractivity contribution in [3.05, 3.63) is 0 Å². The minimum atomic E-state index is -0.625. The predicted octanol–water partition coefficient (Wildman–Crippen LogP) is 1.40. The molecule has 0 aromatic heterocycles. The summed E-state index contributed by atoms with van der Waals surface area (Å²) < 4.78 is 29.2. The van der Waals surface area contributed by atoms with Gasteiger partial charge in [0.15, 0.2) is 17.9 Å². The third kappa shape index (κ3) is 1.90. The molecule has 5 atom stereocenters. The maximum Gasteiger partial charge on any atom is 0.190 e. The summed E-state index contributed by atoms with van der Waals surface area (Å²) in [5.74, 6) is -1.21. The number of hydrogen-bond acceptors (Lipinski definition) is 5. The van der Waals surface area contributed by atoms with Crippen LogP contribution in [-0.4, -0.2) is 42.3 Å². The lowest BCUT2D eigenvalue weighted by Gasteiger charge is -2.35. The molecule has 1 unspecified atom stereocenters. The minimum absolute atomic E-state index is 0.0551. The topological polar surface area (TPSA) is 46.2 Å². The molecule has 3 aliphatic heterocycles. The van der Waals surface area contributed by atoms with Crippen molar-refractivity contribution in [3.8, 4) is 0 Å². The van der Waals surface area contributed by atoms with E-state index in [2.05, 4.69) is 0 Å². The Labute approximate surface area is 101 Å². The first-order valence-corrected chi connectivity index (χ1v) is 6.14. The standard InChI is InChI=1S/C12H20O5/c1-6-7-8(15-11(2,3)14-7)9-10(13-6)17-12(4,5)16-9/h6-10H,1-5H3/t6-,7+,8+,9-,10?/m1/s1. The van der Waals surface area contributed by atoms with Crippen LogP contribution in [0.25, 0.3) is 0 Å². The van der Waals surface area contributed by atoms with E-state index in [-0.39, 0.29) is 30.7 Å². The Balaban J connectivity index is 1.86. The second kappa shape index (κ2) is 3.42. The first-order valence-electron chi connectivity index (χ1n) is 6.14. The zero-order valence-corrected chi connectivity index (χ0v) is 10.9. The lowest BCUT2D eigenvalue weighted by molar-refractivity contribution is -0.229. The monoisotopic (exact) mass is 244 g/mol. The second-order valence-electron chi connectivity index (χ2n) is 5.87. The van der Waals surface area contributed by atoms with E-state index < -0.39 is 11.6 Å². The molecule has 0 spiro atoms. The molecule has 5 nitrogen and oxygen atoms in total. The van der Waals surface area contributed by atoms with Crippen LogP contribution in [0, 0.1) is 0 Å². The van der Waals surface area contributed by atoms with Gasteiger partial charge in [-0.3, -0.25) is 0 Å². The van der Waals surface area contributed by atoms with Crippen LogP contribution in [0.15, 0.2) is 0 Å². The summed E-state index contributed by atoms with van der Waals surface area (Å²) in [4.78, 5) is 0. The van der Waals surface area contributed by atoms with Gasteiger partial charge in [0.1, 0.15) is 18.3 Å². The molecular weight excluding hydrogens is 224 g/mol. The van der Waals surface area contributed by atoms with Gasteiger partial charge in [-0.15, -0.1) is 0 Å². The zero-order chi connectivity index (χ0) is 12.4. The second-order valence-corrected chi connectivity index (χ2v) is 5.87. The van der Waals surface area contributed by atoms with E-state index in [1.54, 1.807) is 0 Å². The molecule has 0 aromatic carbocycles. The van der Waals surface area contributed by atoms with Gasteiger partial charge in [0.25, 0.3) is 0 Å². The first-order chi connectivity index (χ1) is 7.77. The number of fused-ring (bicyclic) bond motifs is 3. The predicted molar refractivity (Wildman–Crippen MR) is 58.2 cm³/mol. The Morgan fingerprint density at radius 3 is 1.94 bits per heavy atom. The van der Waals surface area contributed by atoms with Gasteiger partial charge in [-0.1, -0.05) is 0 Å². The van der Waals surface area contributed by atoms with Gasteiger partial charge in [0, 0.05) is 0 Å². The molecule has 0 amide bonds. The summed E-state index contributed by atoms with van der Waals surface area (Å²) in [6, 6.07) is 0. The molecule has 98 valence electrons. The molecule has 3 rings (SSSR count). The SMILES string of the molecule is C[C@H]1OC2OC(C)(C)O[C@@H]2[C@H]2OC(C)(C)O[C@H]21. The molecule has 0 bridgehead atoms. The summed E-state index contributed by atoms with van der Waals surface area (Å²) in [6.07, 6.45) is -0.850. The van der Waals surface area contributed by atoms with Gasteiger partial charge in [-0.05, 0) is 34.6 Å². The van der Waals surface area contributed by atoms with Crippen molar-refractivity contribution in [1.82, 2.24) is 0 Å². The van der Waals surface area contributed by atoms with Crippen LogP contribution in [0.5, 0.6) is 0 Å².